The predicted molar refractivity (Wildman–Crippen MR) is 68.8 cm³/mol. The van der Waals surface area contributed by atoms with Gasteiger partial charge in [0.25, 0.3) is 0 Å². The molecule has 0 fully saturated rings. The van der Waals surface area contributed by atoms with E-state index >= 15 is 0 Å². The molecule has 2 atom stereocenters. The lowest BCUT2D eigenvalue weighted by Gasteiger charge is -2.23. The largest absolute Gasteiger partial charge is 0.384 e. The Hall–Kier alpha value is -0.120. The van der Waals surface area contributed by atoms with Gasteiger partial charge in [-0.15, -0.1) is 0 Å². The number of methoxy groups -OCH3 is 1. The summed E-state index contributed by atoms with van der Waals surface area (Å²) >= 11 is 0. The molecular formula is C13H29NO2. The Bertz CT molecular complexity index is 151. The van der Waals surface area contributed by atoms with Gasteiger partial charge in [0.05, 0.1) is 12.7 Å². The van der Waals surface area contributed by atoms with E-state index in [1.54, 1.807) is 7.11 Å². The molecule has 3 heteroatoms. The molecule has 0 amide bonds. The summed E-state index contributed by atoms with van der Waals surface area (Å²) in [7, 11) is 1.76. The highest BCUT2D eigenvalue weighted by molar-refractivity contribution is 4.69. The minimum Gasteiger partial charge on any atom is -0.384 e. The summed E-state index contributed by atoms with van der Waals surface area (Å²) in [5.41, 5.74) is 0. The molecule has 0 aromatic carbocycles. The maximum absolute atomic E-state index is 5.68. The summed E-state index contributed by atoms with van der Waals surface area (Å²) in [6.07, 6.45) is 2.58. The summed E-state index contributed by atoms with van der Waals surface area (Å²) in [6, 6.07) is 0.451. The minimum absolute atomic E-state index is 0.309. The SMILES string of the molecule is CCCNC(COC(C)C)CC(C)COC. The van der Waals surface area contributed by atoms with Crippen molar-refractivity contribution in [2.75, 3.05) is 26.9 Å². The topological polar surface area (TPSA) is 30.5 Å². The molecule has 0 saturated carbocycles. The van der Waals surface area contributed by atoms with E-state index in [4.69, 9.17) is 9.47 Å². The molecule has 1 N–H and O–H groups in total. The number of ether oxygens (including phenoxy) is 2. The fourth-order valence-electron chi connectivity index (χ4n) is 1.71. The van der Waals surface area contributed by atoms with Gasteiger partial charge in [0.2, 0.25) is 0 Å². The lowest BCUT2D eigenvalue weighted by atomic mass is 10.0. The number of rotatable bonds is 10. The van der Waals surface area contributed by atoms with E-state index in [0.29, 0.717) is 18.1 Å². The van der Waals surface area contributed by atoms with Crippen molar-refractivity contribution in [1.82, 2.24) is 5.32 Å². The normalized spacial score (nSPS) is 15.4. The second kappa shape index (κ2) is 10.1. The lowest BCUT2D eigenvalue weighted by Crippen LogP contribution is -2.36. The van der Waals surface area contributed by atoms with E-state index in [0.717, 1.165) is 32.6 Å². The third-order valence-corrected chi connectivity index (χ3v) is 2.45. The first-order valence-corrected chi connectivity index (χ1v) is 6.44. The summed E-state index contributed by atoms with van der Waals surface area (Å²) in [5, 5.41) is 3.53. The highest BCUT2D eigenvalue weighted by Gasteiger charge is 2.13. The van der Waals surface area contributed by atoms with Crippen molar-refractivity contribution >= 4 is 0 Å². The molecule has 0 rings (SSSR count). The molecule has 0 saturated heterocycles. The molecule has 0 heterocycles. The maximum Gasteiger partial charge on any atom is 0.0623 e. The van der Waals surface area contributed by atoms with Crippen LogP contribution in [-0.2, 0) is 9.47 Å². The van der Waals surface area contributed by atoms with Gasteiger partial charge >= 0.3 is 0 Å². The Labute approximate surface area is 101 Å². The molecule has 0 spiro atoms. The molecule has 0 aromatic rings. The van der Waals surface area contributed by atoms with E-state index in [-0.39, 0.29) is 0 Å². The van der Waals surface area contributed by atoms with E-state index in [2.05, 4.69) is 33.0 Å². The third-order valence-electron chi connectivity index (χ3n) is 2.45. The Morgan fingerprint density at radius 3 is 2.31 bits per heavy atom. The average molecular weight is 231 g/mol. The summed E-state index contributed by atoms with van der Waals surface area (Å²) in [6.45, 7) is 11.2. The highest BCUT2D eigenvalue weighted by Crippen LogP contribution is 2.08. The quantitative estimate of drug-likeness (QED) is 0.626. The van der Waals surface area contributed by atoms with Crippen LogP contribution in [0.15, 0.2) is 0 Å². The highest BCUT2D eigenvalue weighted by atomic mass is 16.5. The van der Waals surface area contributed by atoms with Crippen molar-refractivity contribution in [2.24, 2.45) is 5.92 Å². The summed E-state index contributed by atoms with van der Waals surface area (Å²) in [5.74, 6) is 0.579. The molecule has 0 bridgehead atoms. The van der Waals surface area contributed by atoms with Crippen molar-refractivity contribution in [3.8, 4) is 0 Å². The van der Waals surface area contributed by atoms with Gasteiger partial charge in [0, 0.05) is 19.8 Å². The molecule has 0 aliphatic carbocycles. The van der Waals surface area contributed by atoms with Crippen LogP contribution in [0, 0.1) is 5.92 Å². The van der Waals surface area contributed by atoms with E-state index in [1.807, 2.05) is 0 Å². The monoisotopic (exact) mass is 231 g/mol. The van der Waals surface area contributed by atoms with Gasteiger partial charge in [-0.3, -0.25) is 0 Å². The molecule has 0 aliphatic rings. The molecule has 0 radical (unpaired) electrons. The number of hydrogen-bond donors (Lipinski definition) is 1. The molecule has 0 aromatic heterocycles. The van der Waals surface area contributed by atoms with Crippen molar-refractivity contribution in [3.63, 3.8) is 0 Å². The van der Waals surface area contributed by atoms with Crippen molar-refractivity contribution in [2.45, 2.75) is 52.7 Å². The Morgan fingerprint density at radius 2 is 1.81 bits per heavy atom. The standard InChI is InChI=1S/C13H29NO2/c1-6-7-14-13(10-16-11(2)3)8-12(4)9-15-5/h11-14H,6-10H2,1-5H3. The first kappa shape index (κ1) is 15.9. The van der Waals surface area contributed by atoms with Crippen LogP contribution in [0.2, 0.25) is 0 Å². The van der Waals surface area contributed by atoms with E-state index in [9.17, 15) is 0 Å². The van der Waals surface area contributed by atoms with Gasteiger partial charge in [-0.05, 0) is 39.2 Å². The van der Waals surface area contributed by atoms with Crippen molar-refractivity contribution in [3.05, 3.63) is 0 Å². The van der Waals surface area contributed by atoms with Crippen LogP contribution in [0.1, 0.15) is 40.5 Å². The van der Waals surface area contributed by atoms with Crippen LogP contribution < -0.4 is 5.32 Å². The Morgan fingerprint density at radius 1 is 1.12 bits per heavy atom. The predicted octanol–water partition coefficient (Wildman–Crippen LogP) is 2.45. The van der Waals surface area contributed by atoms with Crippen LogP contribution >= 0.6 is 0 Å². The van der Waals surface area contributed by atoms with Crippen LogP contribution in [0.5, 0.6) is 0 Å². The maximum atomic E-state index is 5.68. The van der Waals surface area contributed by atoms with Crippen LogP contribution in [0.3, 0.4) is 0 Å². The van der Waals surface area contributed by atoms with Gasteiger partial charge in [-0.25, -0.2) is 0 Å². The summed E-state index contributed by atoms with van der Waals surface area (Å²) < 4.78 is 10.8. The smallest absolute Gasteiger partial charge is 0.0623 e. The summed E-state index contributed by atoms with van der Waals surface area (Å²) in [4.78, 5) is 0. The van der Waals surface area contributed by atoms with Crippen molar-refractivity contribution < 1.29 is 9.47 Å². The third kappa shape index (κ3) is 9.13. The Kier molecular flexibility index (Phi) is 9.99. The second-order valence-corrected chi connectivity index (χ2v) is 4.83. The minimum atomic E-state index is 0.309. The zero-order valence-corrected chi connectivity index (χ0v) is 11.6. The van der Waals surface area contributed by atoms with Crippen LogP contribution in [-0.4, -0.2) is 39.0 Å². The van der Waals surface area contributed by atoms with Gasteiger partial charge in [-0.1, -0.05) is 13.8 Å². The fourth-order valence-corrected chi connectivity index (χ4v) is 1.71. The zero-order valence-electron chi connectivity index (χ0n) is 11.6. The van der Waals surface area contributed by atoms with E-state index < -0.39 is 0 Å². The zero-order chi connectivity index (χ0) is 12.4. The molecular weight excluding hydrogens is 202 g/mol. The van der Waals surface area contributed by atoms with Gasteiger partial charge < -0.3 is 14.8 Å². The lowest BCUT2D eigenvalue weighted by molar-refractivity contribution is 0.0520. The molecule has 2 unspecified atom stereocenters. The molecule has 0 aliphatic heterocycles. The Balaban J connectivity index is 3.88. The van der Waals surface area contributed by atoms with Crippen LogP contribution in [0.25, 0.3) is 0 Å². The number of hydrogen-bond acceptors (Lipinski definition) is 3. The fraction of sp³-hybridized carbons (Fsp3) is 1.00. The molecule has 3 nitrogen and oxygen atoms in total. The first-order chi connectivity index (χ1) is 7.60. The first-order valence-electron chi connectivity index (χ1n) is 6.44. The van der Waals surface area contributed by atoms with Gasteiger partial charge in [0.1, 0.15) is 0 Å². The van der Waals surface area contributed by atoms with Crippen LogP contribution in [0.4, 0.5) is 0 Å². The van der Waals surface area contributed by atoms with Crippen molar-refractivity contribution in [1.29, 1.82) is 0 Å². The average Bonchev–Trinajstić information content (AvgIpc) is 2.22. The molecule has 98 valence electrons. The van der Waals surface area contributed by atoms with E-state index in [1.165, 1.54) is 0 Å². The molecule has 16 heavy (non-hydrogen) atoms. The van der Waals surface area contributed by atoms with Gasteiger partial charge in [-0.2, -0.15) is 0 Å². The van der Waals surface area contributed by atoms with Gasteiger partial charge in [0.15, 0.2) is 0 Å². The second-order valence-electron chi connectivity index (χ2n) is 4.83. The number of nitrogens with one attached hydrogen (secondary N) is 1.